The summed E-state index contributed by atoms with van der Waals surface area (Å²) in [6, 6.07) is 5.18. The van der Waals surface area contributed by atoms with Gasteiger partial charge < -0.3 is 9.55 Å². The van der Waals surface area contributed by atoms with Crippen LogP contribution >= 0.6 is 0 Å². The van der Waals surface area contributed by atoms with Crippen LogP contribution in [0.2, 0.25) is 0 Å². The van der Waals surface area contributed by atoms with Crippen molar-refractivity contribution in [2.45, 2.75) is 0 Å². The van der Waals surface area contributed by atoms with Gasteiger partial charge in [-0.15, -0.1) is 0 Å². The number of aromatic amines is 1. The molecule has 122 valence electrons. The molecule has 2 nitrogen and oxygen atoms in total. The molecule has 0 aliphatic carbocycles. The quantitative estimate of drug-likeness (QED) is 0.356. The Kier molecular flexibility index (Phi) is 1.42. The summed E-state index contributed by atoms with van der Waals surface area (Å²) in [6.07, 6.45) is 0. The maximum absolute atomic E-state index is 8.89. The summed E-state index contributed by atoms with van der Waals surface area (Å²) < 4.78 is 86.2. The zero-order valence-corrected chi connectivity index (χ0v) is 13.3. The SMILES string of the molecule is [2H]c1c([2H])c([2H])c2c([nH]c3c2c([2H])c([2H])c2c4c([2H])c([2H])c([2H])c([2H])c4n(-c4ccccc4)c32)c1[2H]. The van der Waals surface area contributed by atoms with E-state index in [1.807, 2.05) is 0 Å². The minimum absolute atomic E-state index is 0.0841. The van der Waals surface area contributed by atoms with Crippen LogP contribution < -0.4 is 0 Å². The fourth-order valence-electron chi connectivity index (χ4n) is 3.52. The van der Waals surface area contributed by atoms with Crippen LogP contribution in [0.25, 0.3) is 49.3 Å². The van der Waals surface area contributed by atoms with Gasteiger partial charge in [-0.25, -0.2) is 0 Å². The van der Waals surface area contributed by atoms with E-state index in [0.29, 0.717) is 11.2 Å². The third kappa shape index (κ3) is 1.71. The summed E-state index contributed by atoms with van der Waals surface area (Å²) in [4.78, 5) is 3.05. The van der Waals surface area contributed by atoms with Crippen molar-refractivity contribution in [3.05, 3.63) is 90.8 Å². The van der Waals surface area contributed by atoms with E-state index >= 15 is 0 Å². The first kappa shape index (κ1) is 7.38. The molecule has 4 aromatic carbocycles. The van der Waals surface area contributed by atoms with Gasteiger partial charge in [-0.3, -0.25) is 0 Å². The van der Waals surface area contributed by atoms with Gasteiger partial charge in [0.05, 0.1) is 30.3 Å². The number of H-pyrrole nitrogens is 1. The normalized spacial score (nSPS) is 17.2. The van der Waals surface area contributed by atoms with E-state index in [9.17, 15) is 0 Å². The van der Waals surface area contributed by atoms with Crippen LogP contribution in [0.1, 0.15) is 13.7 Å². The highest BCUT2D eigenvalue weighted by Crippen LogP contribution is 2.38. The Morgan fingerprint density at radius 2 is 1.42 bits per heavy atom. The van der Waals surface area contributed by atoms with E-state index in [-0.39, 0.29) is 74.3 Å². The smallest absolute Gasteiger partial charge is 0.0783 e. The average molecular weight is 342 g/mol. The second-order valence-corrected chi connectivity index (χ2v) is 5.99. The molecular formula is C24H16N2. The number of hydrogen-bond acceptors (Lipinski definition) is 0. The average Bonchev–Trinajstić information content (AvgIpc) is 3.45. The summed E-state index contributed by atoms with van der Waals surface area (Å²) in [5.74, 6) is 0. The number of nitrogens with zero attached hydrogens (tertiary/aromatic N) is 1. The highest BCUT2D eigenvalue weighted by Gasteiger charge is 2.16. The number of benzene rings is 4. The molecular weight excluding hydrogens is 316 g/mol. The van der Waals surface area contributed by atoms with Gasteiger partial charge in [0.1, 0.15) is 0 Å². The fraction of sp³-hybridized carbons (Fsp3) is 0. The van der Waals surface area contributed by atoms with Gasteiger partial charge in [-0.05, 0) is 24.2 Å². The Balaban J connectivity index is 2.05. The maximum atomic E-state index is 8.89. The standard InChI is InChI=1S/C24H16N2/c1-2-8-16(9-3-1)26-22-13-7-5-11-18(22)20-15-14-19-17-10-4-6-12-21(17)25-23(19)24(20)26/h1-15,25H/i4D,5D,6D,7D,10D,11D,12D,13D,14D,15D. The highest BCUT2D eigenvalue weighted by atomic mass is 15.0. The molecule has 0 fully saturated rings. The largest absolute Gasteiger partial charge is 0.353 e. The molecule has 0 aliphatic rings. The Morgan fingerprint density at radius 1 is 0.692 bits per heavy atom. The highest BCUT2D eigenvalue weighted by molar-refractivity contribution is 6.22. The summed E-state index contributed by atoms with van der Waals surface area (Å²) in [5.41, 5.74) is 1.33. The second-order valence-electron chi connectivity index (χ2n) is 5.99. The molecule has 26 heavy (non-hydrogen) atoms. The monoisotopic (exact) mass is 342 g/mol. The Labute approximate surface area is 164 Å². The maximum Gasteiger partial charge on any atom is 0.0783 e. The lowest BCUT2D eigenvalue weighted by Gasteiger charge is -2.08. The molecule has 6 rings (SSSR count). The van der Waals surface area contributed by atoms with Gasteiger partial charge in [-0.2, -0.15) is 0 Å². The van der Waals surface area contributed by atoms with Gasteiger partial charge in [0, 0.05) is 32.7 Å². The molecule has 6 aromatic rings. The Bertz CT molecular complexity index is 1940. The van der Waals surface area contributed by atoms with Crippen molar-refractivity contribution in [2.75, 3.05) is 0 Å². The summed E-state index contributed by atoms with van der Waals surface area (Å²) in [7, 11) is 0. The summed E-state index contributed by atoms with van der Waals surface area (Å²) in [6.45, 7) is 0. The predicted octanol–water partition coefficient (Wildman–Crippen LogP) is 6.42. The van der Waals surface area contributed by atoms with Crippen LogP contribution in [-0.4, -0.2) is 9.55 Å². The molecule has 0 aliphatic heterocycles. The van der Waals surface area contributed by atoms with Gasteiger partial charge in [0.2, 0.25) is 0 Å². The molecule has 0 atom stereocenters. The van der Waals surface area contributed by atoms with Crippen LogP contribution in [-0.2, 0) is 0 Å². The van der Waals surface area contributed by atoms with Crippen molar-refractivity contribution >= 4 is 43.6 Å². The van der Waals surface area contributed by atoms with Gasteiger partial charge >= 0.3 is 0 Å². The van der Waals surface area contributed by atoms with E-state index in [4.69, 9.17) is 13.7 Å². The number of aromatic nitrogens is 2. The van der Waals surface area contributed by atoms with Crippen LogP contribution in [0.5, 0.6) is 0 Å². The van der Waals surface area contributed by atoms with Crippen molar-refractivity contribution in [3.8, 4) is 5.69 Å². The van der Waals surface area contributed by atoms with E-state index in [1.54, 1.807) is 34.9 Å². The number of fused-ring (bicyclic) bond motifs is 7. The van der Waals surface area contributed by atoms with Crippen molar-refractivity contribution < 1.29 is 13.7 Å². The van der Waals surface area contributed by atoms with Gasteiger partial charge in [-0.1, -0.05) is 66.5 Å². The molecule has 0 saturated heterocycles. The van der Waals surface area contributed by atoms with Crippen LogP contribution in [0.15, 0.2) is 90.8 Å². The number of para-hydroxylation sites is 3. The lowest BCUT2D eigenvalue weighted by molar-refractivity contribution is 1.18. The first-order chi connectivity index (χ1) is 17.1. The predicted molar refractivity (Wildman–Crippen MR) is 110 cm³/mol. The number of rotatable bonds is 1. The van der Waals surface area contributed by atoms with Crippen LogP contribution in [0.3, 0.4) is 0 Å². The van der Waals surface area contributed by atoms with E-state index in [1.165, 1.54) is 0 Å². The number of hydrogen-bond donors (Lipinski definition) is 1. The molecule has 0 bridgehead atoms. The lowest BCUT2D eigenvalue weighted by atomic mass is 10.1. The molecule has 2 aromatic heterocycles. The summed E-state index contributed by atoms with van der Waals surface area (Å²) >= 11 is 0. The van der Waals surface area contributed by atoms with Crippen LogP contribution in [0.4, 0.5) is 0 Å². The Hall–Kier alpha value is -3.52. The molecule has 2 heteroatoms. The van der Waals surface area contributed by atoms with Crippen molar-refractivity contribution in [1.82, 2.24) is 9.55 Å². The minimum Gasteiger partial charge on any atom is -0.353 e. The molecule has 0 saturated carbocycles. The number of nitrogens with one attached hydrogen (secondary N) is 1. The van der Waals surface area contributed by atoms with E-state index in [0.717, 1.165) is 0 Å². The molecule has 0 unspecified atom stereocenters. The molecule has 0 radical (unpaired) electrons. The third-order valence-electron chi connectivity index (χ3n) is 4.60. The van der Waals surface area contributed by atoms with Crippen molar-refractivity contribution in [2.24, 2.45) is 0 Å². The third-order valence-corrected chi connectivity index (χ3v) is 4.60. The van der Waals surface area contributed by atoms with Gasteiger partial charge in [0.25, 0.3) is 0 Å². The Morgan fingerprint density at radius 3 is 2.31 bits per heavy atom. The van der Waals surface area contributed by atoms with E-state index in [2.05, 4.69) is 4.98 Å². The fourth-order valence-corrected chi connectivity index (χ4v) is 3.52. The van der Waals surface area contributed by atoms with Gasteiger partial charge in [0.15, 0.2) is 0 Å². The lowest BCUT2D eigenvalue weighted by Crippen LogP contribution is -1.93. The van der Waals surface area contributed by atoms with Crippen LogP contribution in [0, 0.1) is 0 Å². The summed E-state index contributed by atoms with van der Waals surface area (Å²) in [5, 5.41) is 0.448. The van der Waals surface area contributed by atoms with E-state index < -0.39 is 24.2 Å². The molecule has 1 N–H and O–H groups in total. The first-order valence-corrected chi connectivity index (χ1v) is 8.08. The zero-order valence-electron chi connectivity index (χ0n) is 23.3. The topological polar surface area (TPSA) is 20.7 Å². The minimum atomic E-state index is -0.457. The zero-order chi connectivity index (χ0) is 25.8. The second kappa shape index (κ2) is 4.99. The first-order valence-electron chi connectivity index (χ1n) is 13.1. The van der Waals surface area contributed by atoms with Crippen molar-refractivity contribution in [3.63, 3.8) is 0 Å². The molecule has 0 spiro atoms. The van der Waals surface area contributed by atoms with Crippen molar-refractivity contribution in [1.29, 1.82) is 0 Å². The molecule has 2 heterocycles. The molecule has 0 amide bonds.